The van der Waals surface area contributed by atoms with Gasteiger partial charge in [0.1, 0.15) is 5.60 Å². The number of amides is 1. The van der Waals surface area contributed by atoms with Crippen molar-refractivity contribution in [3.63, 3.8) is 0 Å². The van der Waals surface area contributed by atoms with Gasteiger partial charge < -0.3 is 19.3 Å². The molecule has 1 aliphatic carbocycles. The number of carbonyl (C=O) groups is 1. The second-order valence-corrected chi connectivity index (χ2v) is 6.91. The Labute approximate surface area is 121 Å². The van der Waals surface area contributed by atoms with E-state index in [4.69, 9.17) is 9.47 Å². The molecule has 0 N–H and O–H groups in total. The van der Waals surface area contributed by atoms with Gasteiger partial charge in [0, 0.05) is 19.6 Å². The second-order valence-electron chi connectivity index (χ2n) is 6.91. The average molecular weight is 282 g/mol. The monoisotopic (exact) mass is 282 g/mol. The first-order valence-corrected chi connectivity index (χ1v) is 7.74. The quantitative estimate of drug-likeness (QED) is 0.746. The number of hydrogen-bond donors (Lipinski definition) is 0. The summed E-state index contributed by atoms with van der Waals surface area (Å²) >= 11 is 0. The molecular weight excluding hydrogens is 256 g/mol. The van der Waals surface area contributed by atoms with Crippen LogP contribution in [0.4, 0.5) is 0 Å². The van der Waals surface area contributed by atoms with Crippen LogP contribution in [0.3, 0.4) is 0 Å². The zero-order valence-corrected chi connectivity index (χ0v) is 12.6. The van der Waals surface area contributed by atoms with Crippen LogP contribution in [0.5, 0.6) is 0 Å². The van der Waals surface area contributed by atoms with Crippen LogP contribution in [0, 0.1) is 5.92 Å². The van der Waals surface area contributed by atoms with E-state index < -0.39 is 0 Å². The van der Waals surface area contributed by atoms with Gasteiger partial charge in [0.15, 0.2) is 0 Å². The Hall–Kier alpha value is -0.650. The van der Waals surface area contributed by atoms with Crippen molar-refractivity contribution < 1.29 is 14.3 Å². The van der Waals surface area contributed by atoms with Crippen molar-refractivity contribution in [2.24, 2.45) is 5.92 Å². The summed E-state index contributed by atoms with van der Waals surface area (Å²) in [5.41, 5.74) is -0.117. The second kappa shape index (κ2) is 5.62. The first kappa shape index (κ1) is 14.3. The molecule has 114 valence electrons. The zero-order valence-electron chi connectivity index (χ0n) is 12.6. The Bertz CT molecular complexity index is 362. The molecule has 0 bridgehead atoms. The maximum absolute atomic E-state index is 12.0. The van der Waals surface area contributed by atoms with Crippen molar-refractivity contribution in [3.05, 3.63) is 0 Å². The molecule has 20 heavy (non-hydrogen) atoms. The van der Waals surface area contributed by atoms with Crippen molar-refractivity contribution in [1.82, 2.24) is 9.80 Å². The van der Waals surface area contributed by atoms with Crippen molar-refractivity contribution >= 4 is 5.91 Å². The molecule has 0 aromatic heterocycles. The summed E-state index contributed by atoms with van der Waals surface area (Å²) in [4.78, 5) is 15.8. The first-order chi connectivity index (χ1) is 9.56. The van der Waals surface area contributed by atoms with Crippen LogP contribution < -0.4 is 0 Å². The summed E-state index contributed by atoms with van der Waals surface area (Å²) in [6.07, 6.45) is 4.95. The van der Waals surface area contributed by atoms with E-state index in [0.717, 1.165) is 45.1 Å². The van der Waals surface area contributed by atoms with Gasteiger partial charge in [-0.2, -0.15) is 0 Å². The molecule has 1 amide bonds. The fraction of sp³-hybridized carbons (Fsp3) is 0.933. The van der Waals surface area contributed by atoms with Crippen molar-refractivity contribution in [1.29, 1.82) is 0 Å². The van der Waals surface area contributed by atoms with Gasteiger partial charge in [-0.05, 0) is 39.3 Å². The summed E-state index contributed by atoms with van der Waals surface area (Å²) < 4.78 is 12.0. The maximum atomic E-state index is 12.0. The van der Waals surface area contributed by atoms with Gasteiger partial charge in [0.25, 0.3) is 0 Å². The number of hydrogen-bond acceptors (Lipinski definition) is 4. The lowest BCUT2D eigenvalue weighted by molar-refractivity contribution is -0.201. The van der Waals surface area contributed by atoms with Crippen LogP contribution in [0.25, 0.3) is 0 Å². The van der Waals surface area contributed by atoms with Gasteiger partial charge in [-0.3, -0.25) is 4.79 Å². The van der Waals surface area contributed by atoms with Gasteiger partial charge in [-0.25, -0.2) is 0 Å². The molecule has 1 saturated carbocycles. The van der Waals surface area contributed by atoms with Gasteiger partial charge in [-0.15, -0.1) is 0 Å². The Morgan fingerprint density at radius 2 is 2.10 bits per heavy atom. The summed E-state index contributed by atoms with van der Waals surface area (Å²) in [5.74, 6) is 1.01. The Morgan fingerprint density at radius 3 is 2.75 bits per heavy atom. The number of nitrogens with zero attached hydrogens (tertiary/aromatic N) is 2. The summed E-state index contributed by atoms with van der Waals surface area (Å²) in [6, 6.07) is 0. The molecular formula is C15H26N2O3. The molecule has 1 atom stereocenters. The number of likely N-dealkylation sites (N-methyl/N-ethyl adjacent to an activating group) is 1. The van der Waals surface area contributed by atoms with E-state index in [2.05, 4.69) is 0 Å². The highest BCUT2D eigenvalue weighted by molar-refractivity contribution is 5.79. The van der Waals surface area contributed by atoms with Crippen LogP contribution in [0.2, 0.25) is 0 Å². The third kappa shape index (κ3) is 3.32. The topological polar surface area (TPSA) is 42.0 Å². The Morgan fingerprint density at radius 1 is 1.35 bits per heavy atom. The maximum Gasteiger partial charge on any atom is 0.236 e. The van der Waals surface area contributed by atoms with Crippen LogP contribution in [0.15, 0.2) is 0 Å². The largest absolute Gasteiger partial charge is 0.378 e. The lowest BCUT2D eigenvalue weighted by Gasteiger charge is -2.53. The van der Waals surface area contributed by atoms with E-state index in [9.17, 15) is 4.79 Å². The zero-order chi connectivity index (χ0) is 14.2. The van der Waals surface area contributed by atoms with E-state index in [1.54, 1.807) is 0 Å². The van der Waals surface area contributed by atoms with Crippen LogP contribution >= 0.6 is 0 Å². The van der Waals surface area contributed by atoms with Gasteiger partial charge >= 0.3 is 0 Å². The van der Waals surface area contributed by atoms with E-state index in [1.807, 2.05) is 23.9 Å². The molecule has 3 rings (SSSR count). The minimum Gasteiger partial charge on any atom is -0.378 e. The third-order valence-electron chi connectivity index (χ3n) is 4.47. The average Bonchev–Trinajstić information content (AvgIpc) is 3.17. The third-order valence-corrected chi connectivity index (χ3v) is 4.47. The first-order valence-electron chi connectivity index (χ1n) is 7.74. The molecule has 0 aromatic carbocycles. The molecule has 2 heterocycles. The Kier molecular flexibility index (Phi) is 4.02. The molecule has 2 saturated heterocycles. The fourth-order valence-electron chi connectivity index (χ4n) is 3.10. The minimum atomic E-state index is -0.117. The van der Waals surface area contributed by atoms with Crippen LogP contribution in [-0.2, 0) is 14.3 Å². The fourth-order valence-corrected chi connectivity index (χ4v) is 3.10. The molecule has 5 heteroatoms. The van der Waals surface area contributed by atoms with Crippen molar-refractivity contribution in [2.75, 3.05) is 46.9 Å². The molecule has 5 nitrogen and oxygen atoms in total. The molecule has 3 fully saturated rings. The molecule has 1 spiro atoms. The van der Waals surface area contributed by atoms with Crippen molar-refractivity contribution in [2.45, 2.75) is 37.4 Å². The van der Waals surface area contributed by atoms with Crippen LogP contribution in [-0.4, -0.2) is 74.4 Å². The number of rotatable bonds is 5. The predicted molar refractivity (Wildman–Crippen MR) is 75.5 cm³/mol. The highest BCUT2D eigenvalue weighted by atomic mass is 16.5. The number of ether oxygens (including phenoxy) is 2. The molecule has 0 radical (unpaired) electrons. The van der Waals surface area contributed by atoms with Gasteiger partial charge in [0.05, 0.1) is 25.7 Å². The van der Waals surface area contributed by atoms with E-state index >= 15 is 0 Å². The summed E-state index contributed by atoms with van der Waals surface area (Å²) in [6.45, 7) is 3.65. The number of carbonyl (C=O) groups excluding carboxylic acids is 1. The van der Waals surface area contributed by atoms with Gasteiger partial charge in [0.2, 0.25) is 5.91 Å². The summed E-state index contributed by atoms with van der Waals surface area (Å²) in [7, 11) is 3.85. The molecule has 1 unspecified atom stereocenters. The standard InChI is InChI=1S/C15H26N2O3/c1-16(2)8-14(18)17-10-15(11-17)7-13(5-6-20-15)19-9-12-3-4-12/h12-13H,3-11H2,1-2H3. The van der Waals surface area contributed by atoms with E-state index in [0.29, 0.717) is 12.6 Å². The Balaban J connectivity index is 1.44. The smallest absolute Gasteiger partial charge is 0.236 e. The molecule has 0 aromatic rings. The van der Waals surface area contributed by atoms with Crippen molar-refractivity contribution in [3.8, 4) is 0 Å². The highest BCUT2D eigenvalue weighted by Crippen LogP contribution is 2.36. The minimum absolute atomic E-state index is 0.117. The predicted octanol–water partition coefficient (Wildman–Crippen LogP) is 0.735. The van der Waals surface area contributed by atoms with E-state index in [1.165, 1.54) is 12.8 Å². The van der Waals surface area contributed by atoms with Crippen LogP contribution in [0.1, 0.15) is 25.7 Å². The lowest BCUT2D eigenvalue weighted by atomic mass is 9.84. The molecule has 2 aliphatic heterocycles. The SMILES string of the molecule is CN(C)CC(=O)N1CC2(CC(OCC3CC3)CCO2)C1. The van der Waals surface area contributed by atoms with Gasteiger partial charge in [-0.1, -0.05) is 0 Å². The van der Waals surface area contributed by atoms with E-state index in [-0.39, 0.29) is 11.5 Å². The molecule has 3 aliphatic rings. The summed E-state index contributed by atoms with van der Waals surface area (Å²) in [5, 5.41) is 0. The normalized spacial score (nSPS) is 28.8. The lowest BCUT2D eigenvalue weighted by Crippen LogP contribution is -2.68. The number of likely N-dealkylation sites (tertiary alicyclic amines) is 1. The highest BCUT2D eigenvalue weighted by Gasteiger charge is 2.49.